The van der Waals surface area contributed by atoms with Crippen LogP contribution >= 0.6 is 0 Å². The van der Waals surface area contributed by atoms with Crippen LogP contribution in [0.1, 0.15) is 5.56 Å². The highest BCUT2D eigenvalue weighted by Gasteiger charge is 2.33. The summed E-state index contributed by atoms with van der Waals surface area (Å²) in [6.45, 7) is 2.13. The van der Waals surface area contributed by atoms with Gasteiger partial charge in [-0.1, -0.05) is 0 Å². The summed E-state index contributed by atoms with van der Waals surface area (Å²) in [6.07, 6.45) is 3.28. The quantitative estimate of drug-likeness (QED) is 0.721. The van der Waals surface area contributed by atoms with Crippen molar-refractivity contribution >= 4 is 17.6 Å². The smallest absolute Gasteiger partial charge is 0.322 e. The van der Waals surface area contributed by atoms with E-state index in [1.54, 1.807) is 12.4 Å². The maximum Gasteiger partial charge on any atom is 0.322 e. The predicted octanol–water partition coefficient (Wildman–Crippen LogP) is -0.226. The zero-order valence-corrected chi connectivity index (χ0v) is 8.80. The predicted molar refractivity (Wildman–Crippen MR) is 57.8 cm³/mol. The SMILES string of the molecule is Cc1cncc(N2CC(C(N)=O)NC2=O)c1. The first-order valence-corrected chi connectivity index (χ1v) is 4.87. The number of carbonyl (C=O) groups excluding carboxylic acids is 2. The van der Waals surface area contributed by atoms with Crippen molar-refractivity contribution in [2.75, 3.05) is 11.4 Å². The van der Waals surface area contributed by atoms with Crippen LogP contribution in [0.2, 0.25) is 0 Å². The first kappa shape index (κ1) is 10.4. The number of primary amides is 1. The minimum absolute atomic E-state index is 0.249. The van der Waals surface area contributed by atoms with Crippen LogP contribution in [-0.2, 0) is 4.79 Å². The number of amides is 3. The summed E-state index contributed by atoms with van der Waals surface area (Å²) < 4.78 is 0. The van der Waals surface area contributed by atoms with Crippen LogP contribution in [0, 0.1) is 6.92 Å². The van der Waals surface area contributed by atoms with Gasteiger partial charge in [0.15, 0.2) is 0 Å². The standard InChI is InChI=1S/C10H12N4O2/c1-6-2-7(4-12-3-6)14-5-8(9(11)15)13-10(14)16/h2-4,8H,5H2,1H3,(H2,11,15)(H,13,16). The van der Waals surface area contributed by atoms with E-state index >= 15 is 0 Å². The highest BCUT2D eigenvalue weighted by molar-refractivity contribution is 5.99. The van der Waals surface area contributed by atoms with Gasteiger partial charge >= 0.3 is 6.03 Å². The molecule has 0 aliphatic carbocycles. The summed E-state index contributed by atoms with van der Waals surface area (Å²) in [5.74, 6) is -0.531. The molecule has 0 saturated carbocycles. The van der Waals surface area contributed by atoms with Crippen LogP contribution in [0.25, 0.3) is 0 Å². The van der Waals surface area contributed by atoms with E-state index in [9.17, 15) is 9.59 Å². The van der Waals surface area contributed by atoms with Crippen LogP contribution in [0.15, 0.2) is 18.5 Å². The van der Waals surface area contributed by atoms with Crippen molar-refractivity contribution in [3.8, 4) is 0 Å². The maximum absolute atomic E-state index is 11.6. The van der Waals surface area contributed by atoms with Crippen LogP contribution in [0.4, 0.5) is 10.5 Å². The molecule has 0 spiro atoms. The van der Waals surface area contributed by atoms with Crippen molar-refractivity contribution in [3.05, 3.63) is 24.0 Å². The largest absolute Gasteiger partial charge is 0.368 e. The zero-order valence-electron chi connectivity index (χ0n) is 8.80. The molecular weight excluding hydrogens is 208 g/mol. The molecule has 1 aromatic heterocycles. The Morgan fingerprint density at radius 3 is 2.94 bits per heavy atom. The third-order valence-electron chi connectivity index (χ3n) is 2.42. The molecule has 1 aromatic rings. The minimum atomic E-state index is -0.631. The lowest BCUT2D eigenvalue weighted by molar-refractivity contribution is -0.119. The molecule has 6 nitrogen and oxygen atoms in total. The van der Waals surface area contributed by atoms with Crippen molar-refractivity contribution in [2.24, 2.45) is 5.73 Å². The molecule has 3 amide bonds. The lowest BCUT2D eigenvalue weighted by Crippen LogP contribution is -2.39. The fourth-order valence-electron chi connectivity index (χ4n) is 1.61. The Kier molecular flexibility index (Phi) is 2.47. The van der Waals surface area contributed by atoms with E-state index in [-0.39, 0.29) is 12.6 Å². The number of pyridine rings is 1. The van der Waals surface area contributed by atoms with Crippen molar-refractivity contribution in [3.63, 3.8) is 0 Å². The van der Waals surface area contributed by atoms with E-state index in [2.05, 4.69) is 10.3 Å². The molecule has 2 heterocycles. The topological polar surface area (TPSA) is 88.3 Å². The maximum atomic E-state index is 11.6. The number of nitrogens with one attached hydrogen (secondary N) is 1. The van der Waals surface area contributed by atoms with E-state index in [0.29, 0.717) is 5.69 Å². The molecule has 2 rings (SSSR count). The minimum Gasteiger partial charge on any atom is -0.368 e. The molecule has 1 aliphatic heterocycles. The number of rotatable bonds is 2. The van der Waals surface area contributed by atoms with Crippen LogP contribution in [0.3, 0.4) is 0 Å². The summed E-state index contributed by atoms with van der Waals surface area (Å²) in [4.78, 5) is 28.0. The van der Waals surface area contributed by atoms with Gasteiger partial charge in [0.2, 0.25) is 5.91 Å². The number of urea groups is 1. The molecule has 1 aliphatic rings. The first-order valence-electron chi connectivity index (χ1n) is 4.87. The highest BCUT2D eigenvalue weighted by atomic mass is 16.2. The third-order valence-corrected chi connectivity index (χ3v) is 2.42. The molecule has 1 atom stereocenters. The fraction of sp³-hybridized carbons (Fsp3) is 0.300. The summed E-state index contributed by atoms with van der Waals surface area (Å²) in [6, 6.07) is 0.875. The molecule has 1 saturated heterocycles. The molecule has 6 heteroatoms. The number of aromatic nitrogens is 1. The first-order chi connectivity index (χ1) is 7.58. The Balaban J connectivity index is 2.23. The van der Waals surface area contributed by atoms with E-state index in [1.165, 1.54) is 4.90 Å². The van der Waals surface area contributed by atoms with Crippen molar-refractivity contribution in [1.29, 1.82) is 0 Å². The van der Waals surface area contributed by atoms with E-state index in [1.807, 2.05) is 13.0 Å². The Labute approximate surface area is 92.4 Å². The molecule has 0 bridgehead atoms. The molecule has 3 N–H and O–H groups in total. The van der Waals surface area contributed by atoms with Crippen molar-refractivity contribution < 1.29 is 9.59 Å². The fourth-order valence-corrected chi connectivity index (χ4v) is 1.61. The Morgan fingerprint density at radius 2 is 2.38 bits per heavy atom. The second-order valence-electron chi connectivity index (χ2n) is 3.74. The van der Waals surface area contributed by atoms with Gasteiger partial charge in [-0.2, -0.15) is 0 Å². The molecule has 0 aromatic carbocycles. The monoisotopic (exact) mass is 220 g/mol. The molecule has 1 fully saturated rings. The van der Waals surface area contributed by atoms with Gasteiger partial charge in [0.05, 0.1) is 18.4 Å². The van der Waals surface area contributed by atoms with Gasteiger partial charge in [-0.3, -0.25) is 14.7 Å². The van der Waals surface area contributed by atoms with Gasteiger partial charge in [-0.05, 0) is 18.6 Å². The number of anilines is 1. The van der Waals surface area contributed by atoms with Gasteiger partial charge in [0.1, 0.15) is 6.04 Å². The van der Waals surface area contributed by atoms with Gasteiger partial charge in [-0.15, -0.1) is 0 Å². The summed E-state index contributed by atoms with van der Waals surface area (Å²) in [5, 5.41) is 2.51. The molecule has 1 unspecified atom stereocenters. The van der Waals surface area contributed by atoms with Gasteiger partial charge in [0.25, 0.3) is 0 Å². The van der Waals surface area contributed by atoms with Crippen LogP contribution in [-0.4, -0.2) is 29.5 Å². The Bertz CT molecular complexity index is 446. The summed E-state index contributed by atoms with van der Waals surface area (Å²) >= 11 is 0. The summed E-state index contributed by atoms with van der Waals surface area (Å²) in [7, 11) is 0. The van der Waals surface area contributed by atoms with Gasteiger partial charge in [-0.25, -0.2) is 4.79 Å². The number of nitrogens with two attached hydrogens (primary N) is 1. The molecule has 16 heavy (non-hydrogen) atoms. The lowest BCUT2D eigenvalue weighted by Gasteiger charge is -2.13. The molecular formula is C10H12N4O2. The van der Waals surface area contributed by atoms with E-state index in [0.717, 1.165) is 5.56 Å². The second-order valence-corrected chi connectivity index (χ2v) is 3.74. The number of hydrogen-bond acceptors (Lipinski definition) is 3. The second kappa shape index (κ2) is 3.80. The number of carbonyl (C=O) groups is 2. The number of aryl methyl sites for hydroxylation is 1. The number of hydrogen-bond donors (Lipinski definition) is 2. The molecule has 0 radical (unpaired) electrons. The Morgan fingerprint density at radius 1 is 1.62 bits per heavy atom. The van der Waals surface area contributed by atoms with Crippen molar-refractivity contribution in [2.45, 2.75) is 13.0 Å². The zero-order chi connectivity index (χ0) is 11.7. The third kappa shape index (κ3) is 1.81. The van der Waals surface area contributed by atoms with Crippen molar-refractivity contribution in [1.82, 2.24) is 10.3 Å². The lowest BCUT2D eigenvalue weighted by atomic mass is 10.2. The molecule has 84 valence electrons. The Hall–Kier alpha value is -2.11. The van der Waals surface area contributed by atoms with Crippen LogP contribution < -0.4 is 16.0 Å². The normalized spacial score (nSPS) is 19.7. The van der Waals surface area contributed by atoms with Gasteiger partial charge < -0.3 is 11.1 Å². The van der Waals surface area contributed by atoms with E-state index in [4.69, 9.17) is 5.73 Å². The average molecular weight is 220 g/mol. The average Bonchev–Trinajstić information content (AvgIpc) is 2.60. The van der Waals surface area contributed by atoms with Crippen LogP contribution in [0.5, 0.6) is 0 Å². The highest BCUT2D eigenvalue weighted by Crippen LogP contribution is 2.17. The summed E-state index contributed by atoms with van der Waals surface area (Å²) in [5.41, 5.74) is 6.75. The van der Waals surface area contributed by atoms with E-state index < -0.39 is 11.9 Å². The number of nitrogens with zero attached hydrogens (tertiary/aromatic N) is 2. The van der Waals surface area contributed by atoms with Gasteiger partial charge in [0, 0.05) is 6.20 Å².